The van der Waals surface area contributed by atoms with Gasteiger partial charge in [-0.15, -0.1) is 5.10 Å². The molecule has 0 saturated heterocycles. The quantitative estimate of drug-likeness (QED) is 0.207. The van der Waals surface area contributed by atoms with E-state index >= 15 is 0 Å². The molecule has 2 aromatic carbocycles. The standard InChI is InChI=1S/C26H32N4O8/c1-7-36-26(32)24-23(27-28-29(24)14-17-8-10-18(35-6)11-9-17)25(31)19-12-21(37-15(2)3)22(38-16(4)5)13-20(19)30(33)34/h8-13,15-16,25,31H,7,14H2,1-6H3. The van der Waals surface area contributed by atoms with Crippen LogP contribution in [-0.4, -0.2) is 56.9 Å². The van der Waals surface area contributed by atoms with Gasteiger partial charge in [-0.1, -0.05) is 17.3 Å². The lowest BCUT2D eigenvalue weighted by Crippen LogP contribution is -2.18. The van der Waals surface area contributed by atoms with Gasteiger partial charge in [-0.05, 0) is 58.4 Å². The van der Waals surface area contributed by atoms with Crippen LogP contribution in [0, 0.1) is 10.1 Å². The summed E-state index contributed by atoms with van der Waals surface area (Å²) < 4.78 is 23.2. The highest BCUT2D eigenvalue weighted by Gasteiger charge is 2.33. The van der Waals surface area contributed by atoms with Gasteiger partial charge in [-0.3, -0.25) is 10.1 Å². The van der Waals surface area contributed by atoms with Crippen molar-refractivity contribution in [3.05, 3.63) is 69.0 Å². The molecule has 3 rings (SSSR count). The number of aliphatic hydroxyl groups excluding tert-OH is 1. The molecule has 0 radical (unpaired) electrons. The Morgan fingerprint density at radius 1 is 1.08 bits per heavy atom. The summed E-state index contributed by atoms with van der Waals surface area (Å²) in [6, 6.07) is 9.62. The minimum atomic E-state index is -1.69. The number of methoxy groups -OCH3 is 1. The highest BCUT2D eigenvalue weighted by Crippen LogP contribution is 2.40. The fourth-order valence-electron chi connectivity index (χ4n) is 3.72. The van der Waals surface area contributed by atoms with Crippen LogP contribution < -0.4 is 14.2 Å². The first-order chi connectivity index (χ1) is 18.0. The maximum atomic E-state index is 12.9. The largest absolute Gasteiger partial charge is 0.497 e. The monoisotopic (exact) mass is 528 g/mol. The Labute approximate surface area is 220 Å². The van der Waals surface area contributed by atoms with E-state index in [4.69, 9.17) is 18.9 Å². The van der Waals surface area contributed by atoms with E-state index < -0.39 is 22.7 Å². The van der Waals surface area contributed by atoms with Gasteiger partial charge in [0.1, 0.15) is 17.5 Å². The molecule has 0 fully saturated rings. The minimum Gasteiger partial charge on any atom is -0.497 e. The number of hydrogen-bond acceptors (Lipinski definition) is 10. The molecule has 204 valence electrons. The van der Waals surface area contributed by atoms with Crippen LogP contribution in [-0.2, 0) is 11.3 Å². The number of rotatable bonds is 12. The maximum absolute atomic E-state index is 12.9. The third-order valence-corrected chi connectivity index (χ3v) is 5.29. The molecule has 12 heteroatoms. The van der Waals surface area contributed by atoms with Crippen LogP contribution >= 0.6 is 0 Å². The van der Waals surface area contributed by atoms with Gasteiger partial charge < -0.3 is 24.1 Å². The average Bonchev–Trinajstić information content (AvgIpc) is 3.27. The second-order valence-electron chi connectivity index (χ2n) is 8.90. The first-order valence-electron chi connectivity index (χ1n) is 12.1. The zero-order valence-electron chi connectivity index (χ0n) is 22.2. The number of carbonyl (C=O) groups excluding carboxylic acids is 1. The zero-order valence-corrected chi connectivity index (χ0v) is 22.2. The van der Waals surface area contributed by atoms with E-state index in [0.29, 0.717) is 5.75 Å². The van der Waals surface area contributed by atoms with Gasteiger partial charge in [0.25, 0.3) is 5.69 Å². The summed E-state index contributed by atoms with van der Waals surface area (Å²) >= 11 is 0. The van der Waals surface area contributed by atoms with Crippen LogP contribution in [0.2, 0.25) is 0 Å². The Kier molecular flexibility index (Phi) is 9.24. The van der Waals surface area contributed by atoms with Crippen molar-refractivity contribution in [1.82, 2.24) is 15.0 Å². The number of nitro groups is 1. The van der Waals surface area contributed by atoms with Crippen LogP contribution in [0.1, 0.15) is 68.0 Å². The highest BCUT2D eigenvalue weighted by molar-refractivity contribution is 5.89. The van der Waals surface area contributed by atoms with Crippen molar-refractivity contribution in [3.63, 3.8) is 0 Å². The van der Waals surface area contributed by atoms with E-state index in [2.05, 4.69) is 10.3 Å². The summed E-state index contributed by atoms with van der Waals surface area (Å²) in [5.74, 6) is 0.244. The molecule has 3 aromatic rings. The Balaban J connectivity index is 2.12. The summed E-state index contributed by atoms with van der Waals surface area (Å²) in [6.07, 6.45) is -2.26. The summed E-state index contributed by atoms with van der Waals surface area (Å²) in [4.78, 5) is 24.3. The molecule has 38 heavy (non-hydrogen) atoms. The molecule has 0 saturated carbocycles. The van der Waals surface area contributed by atoms with Crippen molar-refractivity contribution in [2.24, 2.45) is 0 Å². The molecule has 0 spiro atoms. The zero-order chi connectivity index (χ0) is 28.0. The summed E-state index contributed by atoms with van der Waals surface area (Å²) in [5.41, 5.74) is -0.102. The number of aliphatic hydroxyl groups is 1. The van der Waals surface area contributed by atoms with Crippen molar-refractivity contribution in [3.8, 4) is 17.2 Å². The lowest BCUT2D eigenvalue weighted by atomic mass is 10.0. The normalized spacial score (nSPS) is 11.9. The lowest BCUT2D eigenvalue weighted by molar-refractivity contribution is -0.386. The van der Waals surface area contributed by atoms with Gasteiger partial charge in [0.15, 0.2) is 17.2 Å². The molecule has 0 aliphatic carbocycles. The van der Waals surface area contributed by atoms with E-state index in [1.807, 2.05) is 0 Å². The Morgan fingerprint density at radius 3 is 2.21 bits per heavy atom. The van der Waals surface area contributed by atoms with Gasteiger partial charge >= 0.3 is 5.97 Å². The van der Waals surface area contributed by atoms with E-state index in [9.17, 15) is 20.0 Å². The van der Waals surface area contributed by atoms with Gasteiger partial charge in [-0.25, -0.2) is 9.48 Å². The Morgan fingerprint density at radius 2 is 1.68 bits per heavy atom. The van der Waals surface area contributed by atoms with Gasteiger partial charge in [0.2, 0.25) is 0 Å². The van der Waals surface area contributed by atoms with Crippen molar-refractivity contribution in [2.75, 3.05) is 13.7 Å². The van der Waals surface area contributed by atoms with Crippen molar-refractivity contribution in [1.29, 1.82) is 0 Å². The van der Waals surface area contributed by atoms with Gasteiger partial charge in [0, 0.05) is 0 Å². The van der Waals surface area contributed by atoms with E-state index in [-0.39, 0.29) is 53.8 Å². The van der Waals surface area contributed by atoms with Gasteiger partial charge in [0.05, 0.1) is 49.0 Å². The second kappa shape index (κ2) is 12.4. The first kappa shape index (κ1) is 28.4. The number of ether oxygens (including phenoxy) is 4. The van der Waals surface area contributed by atoms with Crippen LogP contribution in [0.4, 0.5) is 5.69 Å². The molecule has 1 heterocycles. The van der Waals surface area contributed by atoms with Crippen molar-refractivity contribution < 1.29 is 33.8 Å². The number of hydrogen-bond donors (Lipinski definition) is 1. The molecule has 0 aliphatic heterocycles. The van der Waals surface area contributed by atoms with Crippen molar-refractivity contribution in [2.45, 2.75) is 59.5 Å². The summed E-state index contributed by atoms with van der Waals surface area (Å²) in [7, 11) is 1.55. The summed E-state index contributed by atoms with van der Waals surface area (Å²) in [5, 5.41) is 31.4. The third-order valence-electron chi connectivity index (χ3n) is 5.29. The van der Waals surface area contributed by atoms with Gasteiger partial charge in [-0.2, -0.15) is 0 Å². The molecule has 1 unspecified atom stereocenters. The SMILES string of the molecule is CCOC(=O)c1c(C(O)c2cc(OC(C)C)c(OC(C)C)cc2[N+](=O)[O-])nnn1Cc1ccc(OC)cc1. The predicted octanol–water partition coefficient (Wildman–Crippen LogP) is 4.08. The summed E-state index contributed by atoms with van der Waals surface area (Å²) in [6.45, 7) is 8.97. The first-order valence-corrected chi connectivity index (χ1v) is 12.1. The fraction of sp³-hybridized carbons (Fsp3) is 0.423. The molecule has 0 amide bonds. The smallest absolute Gasteiger partial charge is 0.358 e. The molecule has 1 aromatic heterocycles. The average molecular weight is 529 g/mol. The maximum Gasteiger partial charge on any atom is 0.358 e. The van der Waals surface area contributed by atoms with E-state index in [0.717, 1.165) is 5.56 Å². The lowest BCUT2D eigenvalue weighted by Gasteiger charge is -2.19. The predicted molar refractivity (Wildman–Crippen MR) is 137 cm³/mol. The number of nitrogens with zero attached hydrogens (tertiary/aromatic N) is 4. The second-order valence-corrected chi connectivity index (χ2v) is 8.90. The van der Waals surface area contributed by atoms with Crippen LogP contribution in [0.15, 0.2) is 36.4 Å². The molecule has 0 aliphatic rings. The molecule has 12 nitrogen and oxygen atoms in total. The molecule has 1 atom stereocenters. The topological polar surface area (TPSA) is 148 Å². The van der Waals surface area contributed by atoms with E-state index in [1.165, 1.54) is 16.8 Å². The van der Waals surface area contributed by atoms with Crippen LogP contribution in [0.25, 0.3) is 0 Å². The number of aromatic nitrogens is 3. The molecular formula is C26H32N4O8. The number of nitro benzene ring substituents is 1. The van der Waals surface area contributed by atoms with Crippen LogP contribution in [0.3, 0.4) is 0 Å². The van der Waals surface area contributed by atoms with E-state index in [1.54, 1.807) is 66.0 Å². The minimum absolute atomic E-state index is 0.0653. The van der Waals surface area contributed by atoms with Crippen molar-refractivity contribution >= 4 is 11.7 Å². The fourth-order valence-corrected chi connectivity index (χ4v) is 3.72. The number of esters is 1. The highest BCUT2D eigenvalue weighted by atomic mass is 16.6. The molecule has 1 N–H and O–H groups in total. The number of benzene rings is 2. The molecule has 0 bridgehead atoms. The Hall–Kier alpha value is -4.19. The third kappa shape index (κ3) is 6.57. The number of carbonyl (C=O) groups is 1. The Bertz CT molecular complexity index is 1270. The van der Waals surface area contributed by atoms with Crippen LogP contribution in [0.5, 0.6) is 17.2 Å². The molecular weight excluding hydrogens is 496 g/mol.